The van der Waals surface area contributed by atoms with Crippen LogP contribution in [0, 0.1) is 0 Å². The van der Waals surface area contributed by atoms with Gasteiger partial charge < -0.3 is 19.9 Å². The Kier molecular flexibility index (Phi) is 3.91. The van der Waals surface area contributed by atoms with Crippen LogP contribution >= 0.6 is 0 Å². The first-order chi connectivity index (χ1) is 15.4. The van der Waals surface area contributed by atoms with Gasteiger partial charge in [-0.1, -0.05) is 0 Å². The van der Waals surface area contributed by atoms with E-state index < -0.39 is 10.1 Å². The topological polar surface area (TPSA) is 130 Å². The van der Waals surface area contributed by atoms with Gasteiger partial charge in [-0.05, 0) is 66.8 Å². The number of fused-ring (bicyclic) bond motifs is 11. The number of nitrogens with zero attached hydrogens (tertiary/aromatic N) is 1. The van der Waals surface area contributed by atoms with Crippen LogP contribution < -0.4 is 21.4 Å². The van der Waals surface area contributed by atoms with Crippen molar-refractivity contribution >= 4 is 45.3 Å². The van der Waals surface area contributed by atoms with E-state index >= 15 is 0 Å². The highest BCUT2D eigenvalue weighted by molar-refractivity contribution is 7.85. The normalized spacial score (nSPS) is 13.2. The predicted molar refractivity (Wildman–Crippen MR) is 121 cm³/mol. The molecule has 0 aliphatic carbocycles. The molecule has 0 atom stereocenters. The van der Waals surface area contributed by atoms with Crippen molar-refractivity contribution in [1.29, 1.82) is 0 Å². The molecular formula is C23H17N5O3S. The molecule has 0 saturated heterocycles. The van der Waals surface area contributed by atoms with Crippen molar-refractivity contribution in [1.82, 2.24) is 24.9 Å². The average molecular weight is 443 g/mol. The van der Waals surface area contributed by atoms with Gasteiger partial charge in [0.2, 0.25) is 0 Å². The van der Waals surface area contributed by atoms with Crippen LogP contribution in [0.15, 0.2) is 53.6 Å². The van der Waals surface area contributed by atoms with E-state index in [1.54, 1.807) is 18.3 Å². The number of H-pyrrole nitrogens is 4. The molecule has 9 heteroatoms. The van der Waals surface area contributed by atoms with E-state index in [1.165, 1.54) is 6.07 Å². The molecule has 8 bridgehead atoms. The minimum atomic E-state index is -4.44. The van der Waals surface area contributed by atoms with Gasteiger partial charge in [-0.15, -0.1) is 0 Å². The minimum absolute atomic E-state index is 0.197. The monoisotopic (exact) mass is 443 g/mol. The van der Waals surface area contributed by atoms with E-state index in [0.29, 0.717) is 11.0 Å². The second kappa shape index (κ2) is 6.71. The molecule has 8 nitrogen and oxygen atoms in total. The van der Waals surface area contributed by atoms with Crippen molar-refractivity contribution in [2.24, 2.45) is 0 Å². The highest BCUT2D eigenvalue weighted by Crippen LogP contribution is 2.21. The summed E-state index contributed by atoms with van der Waals surface area (Å²) in [6.07, 6.45) is 9.09. The molecule has 5 N–H and O–H groups in total. The van der Waals surface area contributed by atoms with Crippen molar-refractivity contribution in [3.8, 4) is 0 Å². The highest BCUT2D eigenvalue weighted by atomic mass is 32.2. The molecular weight excluding hydrogens is 426 g/mol. The Balaban J connectivity index is 1.76. The molecule has 5 aromatic heterocycles. The molecule has 0 unspecified atom stereocenters. The van der Waals surface area contributed by atoms with Gasteiger partial charge in [0.1, 0.15) is 4.90 Å². The summed E-state index contributed by atoms with van der Waals surface area (Å²) in [6.45, 7) is 0. The highest BCUT2D eigenvalue weighted by Gasteiger charge is 2.15. The van der Waals surface area contributed by atoms with Crippen molar-refractivity contribution in [2.75, 3.05) is 0 Å². The van der Waals surface area contributed by atoms with Gasteiger partial charge in [0.05, 0.1) is 22.3 Å². The van der Waals surface area contributed by atoms with E-state index in [4.69, 9.17) is 0 Å². The molecule has 0 aromatic carbocycles. The largest absolute Gasteiger partial charge is 0.355 e. The molecule has 0 spiro atoms. The summed E-state index contributed by atoms with van der Waals surface area (Å²) in [6, 6.07) is 12.9. The van der Waals surface area contributed by atoms with Crippen molar-refractivity contribution in [3.63, 3.8) is 0 Å². The summed E-state index contributed by atoms with van der Waals surface area (Å²) in [5, 5.41) is 3.46. The Morgan fingerprint density at radius 1 is 0.750 bits per heavy atom. The number of rotatable bonds is 1. The van der Waals surface area contributed by atoms with E-state index in [0.717, 1.165) is 38.7 Å². The molecule has 0 fully saturated rings. The van der Waals surface area contributed by atoms with Crippen LogP contribution in [0.1, 0.15) is 22.8 Å². The summed E-state index contributed by atoms with van der Waals surface area (Å²) in [4.78, 5) is 17.4. The van der Waals surface area contributed by atoms with Crippen molar-refractivity contribution in [2.45, 2.75) is 4.90 Å². The molecule has 6 rings (SSSR count). The van der Waals surface area contributed by atoms with E-state index in [9.17, 15) is 13.0 Å². The first-order valence-electron chi connectivity index (χ1n) is 9.87. The van der Waals surface area contributed by atoms with Crippen molar-refractivity contribution < 1.29 is 13.0 Å². The zero-order valence-corrected chi connectivity index (χ0v) is 17.4. The lowest BCUT2D eigenvalue weighted by molar-refractivity contribution is 0.482. The molecule has 5 aromatic rings. The van der Waals surface area contributed by atoms with Gasteiger partial charge in [0, 0.05) is 39.0 Å². The number of hydrogen-bond donors (Lipinski definition) is 5. The summed E-state index contributed by atoms with van der Waals surface area (Å²) >= 11 is 0. The fourth-order valence-corrected chi connectivity index (χ4v) is 4.69. The van der Waals surface area contributed by atoms with Crippen LogP contribution in [0.5, 0.6) is 0 Å². The number of nitrogens with one attached hydrogen (secondary N) is 4. The van der Waals surface area contributed by atoms with E-state index in [-0.39, 0.29) is 10.2 Å². The lowest BCUT2D eigenvalue weighted by atomic mass is 10.2. The first kappa shape index (κ1) is 18.7. The molecule has 6 heterocycles. The second-order valence-electron chi connectivity index (χ2n) is 7.64. The van der Waals surface area contributed by atoms with Crippen LogP contribution in [0.25, 0.3) is 35.2 Å². The standard InChI is InChI=1S/C23H17N5O3S/c29-32(30,31)22-11-17-9-15-4-3-13(25-15)8-14-5-6-16(26-14)10-21-23-18(2-1-7-24-23)19(28-21)12-20(22)27-17/h1-12,25-28H,(H,29,30,31). The maximum Gasteiger partial charge on any atom is 0.296 e. The molecule has 1 aliphatic rings. The third kappa shape index (κ3) is 3.20. The van der Waals surface area contributed by atoms with Crippen molar-refractivity contribution in [3.05, 3.63) is 92.8 Å². The lowest BCUT2D eigenvalue weighted by Crippen LogP contribution is -2.15. The Bertz CT molecular complexity index is 1870. The molecule has 0 radical (unpaired) electrons. The number of hydrogen-bond acceptors (Lipinski definition) is 3. The first-order valence-corrected chi connectivity index (χ1v) is 11.3. The smallest absolute Gasteiger partial charge is 0.296 e. The van der Waals surface area contributed by atoms with Gasteiger partial charge in [-0.3, -0.25) is 9.54 Å². The van der Waals surface area contributed by atoms with E-state index in [1.807, 2.05) is 48.6 Å². The maximum absolute atomic E-state index is 12.1. The van der Waals surface area contributed by atoms with Crippen LogP contribution in [-0.4, -0.2) is 37.9 Å². The predicted octanol–water partition coefficient (Wildman–Crippen LogP) is 0.423. The summed E-state index contributed by atoms with van der Waals surface area (Å²) < 4.78 is 33.9. The lowest BCUT2D eigenvalue weighted by Gasteiger charge is -1.93. The number of pyridine rings is 1. The fourth-order valence-electron chi connectivity index (χ4n) is 4.03. The van der Waals surface area contributed by atoms with Gasteiger partial charge in [0.25, 0.3) is 10.1 Å². The number of aromatic nitrogens is 5. The second-order valence-corrected chi connectivity index (χ2v) is 9.03. The third-order valence-corrected chi connectivity index (χ3v) is 6.30. The van der Waals surface area contributed by atoms with Gasteiger partial charge >= 0.3 is 0 Å². The van der Waals surface area contributed by atoms with Crippen LogP contribution in [-0.2, 0) is 10.1 Å². The zero-order valence-electron chi connectivity index (χ0n) is 16.5. The Labute approximate surface area is 181 Å². The minimum Gasteiger partial charge on any atom is -0.355 e. The number of aromatic amines is 4. The van der Waals surface area contributed by atoms with Gasteiger partial charge in [-0.2, -0.15) is 8.42 Å². The molecule has 32 heavy (non-hydrogen) atoms. The summed E-state index contributed by atoms with van der Waals surface area (Å²) in [7, 11) is -4.44. The molecule has 0 amide bonds. The Morgan fingerprint density at radius 3 is 2.28 bits per heavy atom. The van der Waals surface area contributed by atoms with Crippen LogP contribution in [0.2, 0.25) is 0 Å². The SMILES string of the molecule is O=S(=O)(O)c1cc2[nH]c1=Cc1[nH]c(c3ncccc13)C=c1ccc([nH]1)=Cc1ccc([nH]1)C=2. The average Bonchev–Trinajstić information content (AvgIpc) is 3.52. The summed E-state index contributed by atoms with van der Waals surface area (Å²) in [5.74, 6) is 0. The summed E-state index contributed by atoms with van der Waals surface area (Å²) in [5.41, 5.74) is 3.88. The third-order valence-electron chi connectivity index (χ3n) is 5.40. The van der Waals surface area contributed by atoms with E-state index in [2.05, 4.69) is 24.9 Å². The Morgan fingerprint density at radius 2 is 1.50 bits per heavy atom. The van der Waals surface area contributed by atoms with Gasteiger partial charge in [0.15, 0.2) is 0 Å². The molecule has 158 valence electrons. The quantitative estimate of drug-likeness (QED) is 0.236. The van der Waals surface area contributed by atoms with Gasteiger partial charge in [-0.25, -0.2) is 0 Å². The fraction of sp³-hybridized carbons (Fsp3) is 0. The zero-order chi connectivity index (χ0) is 21.9. The molecule has 1 aliphatic heterocycles. The Hall–Kier alpha value is -4.08. The maximum atomic E-state index is 12.1. The van der Waals surface area contributed by atoms with Crippen LogP contribution in [0.3, 0.4) is 0 Å². The van der Waals surface area contributed by atoms with Crippen LogP contribution in [0.4, 0.5) is 0 Å². The molecule has 0 saturated carbocycles.